The summed E-state index contributed by atoms with van der Waals surface area (Å²) in [6.07, 6.45) is 1.04. The molecule has 0 aliphatic carbocycles. The molecular weight excluding hydrogens is 1270 g/mol. The van der Waals surface area contributed by atoms with Gasteiger partial charge in [-0.3, -0.25) is 39.0 Å². The summed E-state index contributed by atoms with van der Waals surface area (Å²) in [6, 6.07) is 14.2. The van der Waals surface area contributed by atoms with Crippen molar-refractivity contribution in [3.05, 3.63) is 90.2 Å². The summed E-state index contributed by atoms with van der Waals surface area (Å²) in [4.78, 5) is 145. The van der Waals surface area contributed by atoms with E-state index in [9.17, 15) is 53.1 Å². The normalized spacial score (nSPS) is 22.5. The van der Waals surface area contributed by atoms with Crippen molar-refractivity contribution in [1.82, 2.24) is 61.7 Å². The van der Waals surface area contributed by atoms with Crippen LogP contribution in [0.5, 0.6) is 5.75 Å². The van der Waals surface area contributed by atoms with Gasteiger partial charge in [0.25, 0.3) is 0 Å². The van der Waals surface area contributed by atoms with Crippen LogP contribution in [0.3, 0.4) is 0 Å². The molecule has 4 heterocycles. The monoisotopic (exact) mass is 1350 g/mol. The number of carbonyl (C=O) groups excluding carboxylic acids is 10. The van der Waals surface area contributed by atoms with Gasteiger partial charge in [-0.05, 0) is 59.7 Å². The van der Waals surface area contributed by atoms with Gasteiger partial charge in [0.2, 0.25) is 41.4 Å². The minimum atomic E-state index is -3.75. The number of likely N-dealkylation sites (N-methyl/N-ethyl adjacent to an activating group) is 1. The first-order valence-electron chi connectivity index (χ1n) is 31.3. The molecule has 4 fully saturated rings. The van der Waals surface area contributed by atoms with Gasteiger partial charge < -0.3 is 57.1 Å². The SMILES string of the molecule is C=C1CN2CCN3CCN(CC(=O)NCCOCCOCC(=O)NCC(=O)NCCC[C@@H]4C(=O)N[C@@H](CCCCC(=N)N)C(=O)N[C@@H](Cc5ccc6ccccc6c5)C(=O)NCC(=O)N[C@H](Cc5ccc(O)cc5)C(=O)N4C)CCN(CC2)CC(=O)[O][Ga]([O]1)[O]C(=O)C3. The Morgan fingerprint density at radius 3 is 1.98 bits per heavy atom. The second-order valence-electron chi connectivity index (χ2n) is 23.3. The molecule has 11 N–H and O–H groups in total. The van der Waals surface area contributed by atoms with E-state index in [1.165, 1.54) is 19.2 Å². The first kappa shape index (κ1) is 72.3. The zero-order chi connectivity index (χ0) is 66.7. The first-order valence-corrected chi connectivity index (χ1v) is 34.3. The summed E-state index contributed by atoms with van der Waals surface area (Å²) in [5, 5.41) is 38.5. The average Bonchev–Trinajstić information content (AvgIpc) is 1.70. The van der Waals surface area contributed by atoms with Crippen LogP contribution < -0.4 is 43.0 Å². The van der Waals surface area contributed by atoms with E-state index in [1.807, 2.05) is 57.2 Å². The van der Waals surface area contributed by atoms with E-state index in [-0.39, 0.29) is 115 Å². The zero-order valence-electron chi connectivity index (χ0n) is 52.6. The van der Waals surface area contributed by atoms with Gasteiger partial charge in [-0.25, -0.2) is 0 Å². The Labute approximate surface area is 546 Å². The maximum atomic E-state index is 14.6. The fourth-order valence-electron chi connectivity index (χ4n) is 10.9. The number of unbranched alkanes of at least 4 members (excludes halogenated alkanes) is 1. The van der Waals surface area contributed by atoms with Crippen LogP contribution in [0.25, 0.3) is 10.8 Å². The summed E-state index contributed by atoms with van der Waals surface area (Å²) in [5.74, 6) is -5.74. The van der Waals surface area contributed by atoms with Crippen molar-refractivity contribution in [1.29, 1.82) is 5.41 Å². The predicted octanol–water partition coefficient (Wildman–Crippen LogP) is -2.75. The molecule has 4 aliphatic heterocycles. The van der Waals surface area contributed by atoms with Gasteiger partial charge in [0.1, 0.15) is 36.5 Å². The average molecular weight is 1350 g/mol. The number of aromatic hydroxyl groups is 1. The number of amidine groups is 1. The van der Waals surface area contributed by atoms with Gasteiger partial charge >= 0.3 is 189 Å². The van der Waals surface area contributed by atoms with E-state index in [0.717, 1.165) is 15.7 Å². The molecule has 2 unspecified atom stereocenters. The molecule has 31 heteroatoms. The van der Waals surface area contributed by atoms with Gasteiger partial charge in [-0.15, -0.1) is 0 Å². The van der Waals surface area contributed by atoms with Crippen molar-refractivity contribution >= 4 is 93.1 Å². The van der Waals surface area contributed by atoms with E-state index in [0.29, 0.717) is 88.6 Å². The number of fused-ring (bicyclic) bond motifs is 8. The van der Waals surface area contributed by atoms with Crippen LogP contribution in [0.15, 0.2) is 79.1 Å². The second-order valence-corrected chi connectivity index (χ2v) is 26.0. The molecule has 30 nitrogen and oxygen atoms in total. The molecule has 93 heavy (non-hydrogen) atoms. The minimum absolute atomic E-state index is 0.00887. The van der Waals surface area contributed by atoms with Crippen LogP contribution >= 0.6 is 0 Å². The number of hydrogen-bond donors (Lipinski definition) is 10. The molecule has 7 rings (SSSR count). The van der Waals surface area contributed by atoms with Crippen molar-refractivity contribution in [2.75, 3.05) is 138 Å². The Bertz CT molecular complexity index is 3070. The fourth-order valence-corrected chi connectivity index (χ4v) is 13.1. The van der Waals surface area contributed by atoms with Crippen molar-refractivity contribution in [2.45, 2.75) is 75.5 Å². The van der Waals surface area contributed by atoms with E-state index in [1.54, 1.807) is 12.1 Å². The molecule has 4 saturated heterocycles. The number of benzene rings is 3. The van der Waals surface area contributed by atoms with Crippen LogP contribution in [0.4, 0.5) is 0 Å². The first-order chi connectivity index (χ1) is 44.7. The number of phenolic OH excluding ortho intramolecular Hbond substituents is 1. The molecular formula is C62H87GaN14O16. The molecule has 4 bridgehead atoms. The molecule has 3 aromatic carbocycles. The van der Waals surface area contributed by atoms with Gasteiger partial charge in [0.05, 0.1) is 32.1 Å². The summed E-state index contributed by atoms with van der Waals surface area (Å²) >= 11 is -3.75. The fraction of sp³-hybridized carbons (Fsp3) is 0.532. The predicted molar refractivity (Wildman–Crippen MR) is 339 cm³/mol. The van der Waals surface area contributed by atoms with Gasteiger partial charge in [-0.2, -0.15) is 0 Å². The molecule has 4 aliphatic rings. The number of phenols is 1. The number of carbonyl (C=O) groups is 10. The quantitative estimate of drug-likeness (QED) is 0.0178. The molecule has 8 amide bonds. The summed E-state index contributed by atoms with van der Waals surface area (Å²) < 4.78 is 28.0. The third-order valence-corrected chi connectivity index (χ3v) is 19.0. The maximum absolute atomic E-state index is 14.6. The Morgan fingerprint density at radius 1 is 0.656 bits per heavy atom. The number of hydrogen-bond acceptors (Lipinski definition) is 21. The second kappa shape index (κ2) is 37.5. The van der Waals surface area contributed by atoms with Gasteiger partial charge in [-0.1, -0.05) is 61.0 Å². The van der Waals surface area contributed by atoms with Crippen molar-refractivity contribution in [3.63, 3.8) is 0 Å². The molecule has 504 valence electrons. The van der Waals surface area contributed by atoms with Gasteiger partial charge in [0.15, 0.2) is 0 Å². The number of amides is 8. The number of nitrogens with zero attached hydrogens (tertiary/aromatic N) is 5. The molecule has 0 saturated carbocycles. The van der Waals surface area contributed by atoms with E-state index >= 15 is 0 Å². The summed E-state index contributed by atoms with van der Waals surface area (Å²) in [6.45, 7) is 7.75. The van der Waals surface area contributed by atoms with Crippen molar-refractivity contribution in [2.24, 2.45) is 5.73 Å². The van der Waals surface area contributed by atoms with E-state index in [2.05, 4.69) is 48.7 Å². The number of rotatable bonds is 25. The number of ether oxygens (including phenoxy) is 2. The third-order valence-electron chi connectivity index (χ3n) is 16.0. The van der Waals surface area contributed by atoms with Crippen molar-refractivity contribution in [3.8, 4) is 5.75 Å². The molecule has 0 aromatic heterocycles. The van der Waals surface area contributed by atoms with Crippen molar-refractivity contribution < 1.29 is 73.1 Å². The van der Waals surface area contributed by atoms with E-state index < -0.39 is 108 Å². The Hall–Kier alpha value is -8.17. The topological polar surface area (TPSA) is 387 Å². The number of nitrogens with two attached hydrogens (primary N) is 1. The summed E-state index contributed by atoms with van der Waals surface area (Å²) in [7, 11) is 1.38. The number of nitrogens with one attached hydrogen (secondary N) is 8. The Balaban J connectivity index is 0.869. The van der Waals surface area contributed by atoms with Crippen LogP contribution in [0, 0.1) is 5.41 Å². The van der Waals surface area contributed by atoms with Crippen LogP contribution in [0.2, 0.25) is 0 Å². The molecule has 3 aromatic rings. The summed E-state index contributed by atoms with van der Waals surface area (Å²) in [5.41, 5.74) is 6.88. The Kier molecular flexibility index (Phi) is 29.1. The third kappa shape index (κ3) is 25.3. The molecule has 6 atom stereocenters. The zero-order valence-corrected chi connectivity index (χ0v) is 55.1. The van der Waals surface area contributed by atoms with Gasteiger partial charge in [0, 0.05) is 32.9 Å². The standard InChI is InChI=1S/C62H90N14O16.Ga/c1-42(77)37-73-21-25-75(39-57(83)84)27-23-74(24-28-76(26-22-73)40-58(85)86)38-55(81)66-20-29-91-30-31-92-41-56(82)67-35-53(79)65-19-7-11-51-61(89)70-48(10-5-6-12-52(63)64)60(88)71-49(34-44-13-16-45-8-3-4-9-46(45)32-44)59(87)68-36-54(80)69-50(62(90)72(51)2)33-43-14-17-47(78)18-15-43;/h3-4,8-9,13-18,32,48-51,77-78H,1,5-7,10-12,19-31,33-41H2,2H3,(H3,63,64)(H,65,79)(H,66,81)(H,67,82)(H,68,87)(H,69,80)(H,70,89)(H,71,88)(H,83,84)(H,85,86);/q;+3/p-3/t48-,49-,50+,51+;/m0./s1. The van der Waals surface area contributed by atoms with Crippen LogP contribution in [0.1, 0.15) is 49.7 Å². The van der Waals surface area contributed by atoms with Crippen LogP contribution in [-0.2, 0) is 80.8 Å². The molecule has 0 spiro atoms. The van der Waals surface area contributed by atoms with E-state index in [4.69, 9.17) is 31.2 Å². The molecule has 0 radical (unpaired) electrons. The Morgan fingerprint density at radius 2 is 1.28 bits per heavy atom. The van der Waals surface area contributed by atoms with Crippen LogP contribution in [-0.4, -0.2) is 274 Å².